The fourth-order valence-electron chi connectivity index (χ4n) is 1.77. The lowest BCUT2D eigenvalue weighted by molar-refractivity contribution is -0.116. The van der Waals surface area contributed by atoms with Crippen molar-refractivity contribution < 1.29 is 4.79 Å². The first-order valence-corrected chi connectivity index (χ1v) is 6.20. The van der Waals surface area contributed by atoms with Crippen LogP contribution in [0, 0.1) is 13.8 Å². The highest BCUT2D eigenvalue weighted by atomic mass is 35.5. The van der Waals surface area contributed by atoms with Gasteiger partial charge in [0.15, 0.2) is 0 Å². The van der Waals surface area contributed by atoms with Crippen LogP contribution in [0.15, 0.2) is 24.3 Å². The van der Waals surface area contributed by atoms with Crippen LogP contribution in [-0.2, 0) is 11.3 Å². The number of benzene rings is 1. The number of nitrogens with one attached hydrogen (secondary N) is 1. The number of aromatic nitrogens is 2. The summed E-state index contributed by atoms with van der Waals surface area (Å²) < 4.78 is 1.58. The van der Waals surface area contributed by atoms with E-state index in [9.17, 15) is 4.79 Å². The first-order valence-electron chi connectivity index (χ1n) is 5.83. The van der Waals surface area contributed by atoms with Crippen LogP contribution >= 0.6 is 11.6 Å². The SMILES string of the molecule is Cc1nn(CC(=O)Nc2ccccc2N)c(C)c1Cl. The summed E-state index contributed by atoms with van der Waals surface area (Å²) in [4.78, 5) is 11.9. The van der Waals surface area contributed by atoms with Crippen LogP contribution in [0.1, 0.15) is 11.4 Å². The molecule has 0 radical (unpaired) electrons. The standard InChI is InChI=1S/C13H15ClN4O/c1-8-13(14)9(2)18(17-8)7-12(19)16-11-6-4-3-5-10(11)15/h3-6H,7,15H2,1-2H3,(H,16,19). The molecule has 2 rings (SSSR count). The molecule has 0 spiro atoms. The van der Waals surface area contributed by atoms with Crippen LogP contribution in [0.5, 0.6) is 0 Å². The molecule has 19 heavy (non-hydrogen) atoms. The number of carbonyl (C=O) groups excluding carboxylic acids is 1. The highest BCUT2D eigenvalue weighted by molar-refractivity contribution is 6.31. The molecule has 0 fully saturated rings. The fraction of sp³-hybridized carbons (Fsp3) is 0.231. The third-order valence-corrected chi connectivity index (χ3v) is 3.37. The molecule has 1 heterocycles. The number of para-hydroxylation sites is 2. The zero-order chi connectivity index (χ0) is 14.0. The van der Waals surface area contributed by atoms with Crippen molar-refractivity contribution in [2.75, 3.05) is 11.1 Å². The van der Waals surface area contributed by atoms with Crippen molar-refractivity contribution in [1.82, 2.24) is 9.78 Å². The highest BCUT2D eigenvalue weighted by Crippen LogP contribution is 2.20. The minimum atomic E-state index is -0.194. The normalized spacial score (nSPS) is 10.5. The number of hydrogen-bond acceptors (Lipinski definition) is 3. The Bertz CT molecular complexity index is 621. The summed E-state index contributed by atoms with van der Waals surface area (Å²) in [5.74, 6) is -0.194. The summed E-state index contributed by atoms with van der Waals surface area (Å²) in [5.41, 5.74) is 8.38. The summed E-state index contributed by atoms with van der Waals surface area (Å²) in [7, 11) is 0. The molecule has 1 aromatic carbocycles. The Hall–Kier alpha value is -2.01. The van der Waals surface area contributed by atoms with E-state index in [1.807, 2.05) is 19.1 Å². The van der Waals surface area contributed by atoms with Crippen LogP contribution in [-0.4, -0.2) is 15.7 Å². The molecule has 6 heteroatoms. The van der Waals surface area contributed by atoms with E-state index >= 15 is 0 Å². The molecule has 0 aliphatic heterocycles. The molecule has 2 aromatic rings. The molecule has 0 saturated heterocycles. The van der Waals surface area contributed by atoms with Gasteiger partial charge >= 0.3 is 0 Å². The summed E-state index contributed by atoms with van der Waals surface area (Å²) in [6, 6.07) is 7.11. The molecule has 5 nitrogen and oxygen atoms in total. The van der Waals surface area contributed by atoms with Crippen molar-refractivity contribution in [3.63, 3.8) is 0 Å². The van der Waals surface area contributed by atoms with Gasteiger partial charge in [0.1, 0.15) is 6.54 Å². The number of halogens is 1. The molecule has 0 saturated carbocycles. The summed E-state index contributed by atoms with van der Waals surface area (Å²) in [6.45, 7) is 3.74. The van der Waals surface area contributed by atoms with Crippen LogP contribution in [0.2, 0.25) is 5.02 Å². The van der Waals surface area contributed by atoms with E-state index in [2.05, 4.69) is 10.4 Å². The molecule has 100 valence electrons. The molecular formula is C13H15ClN4O. The van der Waals surface area contributed by atoms with Crippen molar-refractivity contribution in [3.8, 4) is 0 Å². The topological polar surface area (TPSA) is 72.9 Å². The number of hydrogen-bond donors (Lipinski definition) is 2. The van der Waals surface area contributed by atoms with Crippen molar-refractivity contribution >= 4 is 28.9 Å². The minimum Gasteiger partial charge on any atom is -0.397 e. The third-order valence-electron chi connectivity index (χ3n) is 2.82. The Labute approximate surface area is 116 Å². The monoisotopic (exact) mass is 278 g/mol. The highest BCUT2D eigenvalue weighted by Gasteiger charge is 2.12. The van der Waals surface area contributed by atoms with Crippen LogP contribution in [0.3, 0.4) is 0 Å². The van der Waals surface area contributed by atoms with Gasteiger partial charge in [0.25, 0.3) is 0 Å². The van der Waals surface area contributed by atoms with Gasteiger partial charge in [-0.05, 0) is 26.0 Å². The maximum Gasteiger partial charge on any atom is 0.246 e. The van der Waals surface area contributed by atoms with E-state index in [0.717, 1.165) is 5.69 Å². The lowest BCUT2D eigenvalue weighted by Crippen LogP contribution is -2.20. The quantitative estimate of drug-likeness (QED) is 0.847. The summed E-state index contributed by atoms with van der Waals surface area (Å²) >= 11 is 6.03. The van der Waals surface area contributed by atoms with Crippen molar-refractivity contribution in [1.29, 1.82) is 0 Å². The molecule has 1 aromatic heterocycles. The summed E-state index contributed by atoms with van der Waals surface area (Å²) in [6.07, 6.45) is 0. The fourth-order valence-corrected chi connectivity index (χ4v) is 1.90. The van der Waals surface area contributed by atoms with Gasteiger partial charge in [0.05, 0.1) is 27.8 Å². The average molecular weight is 279 g/mol. The molecule has 0 aliphatic carbocycles. The maximum atomic E-state index is 11.9. The molecule has 0 bridgehead atoms. The van der Waals surface area contributed by atoms with Crippen LogP contribution < -0.4 is 11.1 Å². The second-order valence-electron chi connectivity index (χ2n) is 4.28. The first-order chi connectivity index (χ1) is 8.99. The first kappa shape index (κ1) is 13.4. The molecule has 3 N–H and O–H groups in total. The predicted octanol–water partition coefficient (Wildman–Crippen LogP) is 2.37. The zero-order valence-corrected chi connectivity index (χ0v) is 11.5. The Morgan fingerprint density at radius 1 is 1.42 bits per heavy atom. The van der Waals surface area contributed by atoms with E-state index in [1.165, 1.54) is 0 Å². The van der Waals surface area contributed by atoms with Gasteiger partial charge in [-0.2, -0.15) is 5.10 Å². The number of nitrogens with zero attached hydrogens (tertiary/aromatic N) is 2. The van der Waals surface area contributed by atoms with Gasteiger partial charge in [0.2, 0.25) is 5.91 Å². The van der Waals surface area contributed by atoms with E-state index in [1.54, 1.807) is 23.7 Å². The van der Waals surface area contributed by atoms with Crippen LogP contribution in [0.25, 0.3) is 0 Å². The molecule has 0 unspecified atom stereocenters. The van der Waals surface area contributed by atoms with Crippen LogP contribution in [0.4, 0.5) is 11.4 Å². The molecule has 0 atom stereocenters. The predicted molar refractivity (Wildman–Crippen MR) is 76.2 cm³/mol. The Kier molecular flexibility index (Phi) is 3.76. The van der Waals surface area contributed by atoms with E-state index in [4.69, 9.17) is 17.3 Å². The van der Waals surface area contributed by atoms with Gasteiger partial charge in [-0.3, -0.25) is 9.48 Å². The second-order valence-corrected chi connectivity index (χ2v) is 4.66. The smallest absolute Gasteiger partial charge is 0.246 e. The van der Waals surface area contributed by atoms with Gasteiger partial charge in [-0.1, -0.05) is 23.7 Å². The van der Waals surface area contributed by atoms with E-state index < -0.39 is 0 Å². The number of nitrogen functional groups attached to an aromatic ring is 1. The lowest BCUT2D eigenvalue weighted by atomic mass is 10.2. The number of amides is 1. The Morgan fingerprint density at radius 3 is 2.68 bits per heavy atom. The minimum absolute atomic E-state index is 0.105. The largest absolute Gasteiger partial charge is 0.397 e. The third kappa shape index (κ3) is 2.88. The number of carbonyl (C=O) groups is 1. The zero-order valence-electron chi connectivity index (χ0n) is 10.8. The van der Waals surface area contributed by atoms with E-state index in [0.29, 0.717) is 22.1 Å². The number of aryl methyl sites for hydroxylation is 1. The maximum absolute atomic E-state index is 11.9. The van der Waals surface area contributed by atoms with E-state index in [-0.39, 0.29) is 12.5 Å². The van der Waals surface area contributed by atoms with Gasteiger partial charge in [0, 0.05) is 0 Å². The summed E-state index contributed by atoms with van der Waals surface area (Å²) in [5, 5.41) is 7.54. The van der Waals surface area contributed by atoms with Gasteiger partial charge < -0.3 is 11.1 Å². The number of anilines is 2. The second kappa shape index (κ2) is 5.32. The van der Waals surface area contributed by atoms with Crippen molar-refractivity contribution in [2.24, 2.45) is 0 Å². The lowest BCUT2D eigenvalue weighted by Gasteiger charge is -2.08. The van der Waals surface area contributed by atoms with Crippen molar-refractivity contribution in [3.05, 3.63) is 40.7 Å². The molecular weight excluding hydrogens is 264 g/mol. The Morgan fingerprint density at radius 2 is 2.11 bits per heavy atom. The number of nitrogens with two attached hydrogens (primary N) is 1. The van der Waals surface area contributed by atoms with Crippen molar-refractivity contribution in [2.45, 2.75) is 20.4 Å². The van der Waals surface area contributed by atoms with Gasteiger partial charge in [-0.25, -0.2) is 0 Å². The number of rotatable bonds is 3. The average Bonchev–Trinajstić information content (AvgIpc) is 2.60. The molecule has 0 aliphatic rings. The molecule has 1 amide bonds. The Balaban J connectivity index is 2.10. The van der Waals surface area contributed by atoms with Gasteiger partial charge in [-0.15, -0.1) is 0 Å².